The average Bonchev–Trinajstić information content (AvgIpc) is 3.33. The van der Waals surface area contributed by atoms with Gasteiger partial charge < -0.3 is 15.1 Å². The van der Waals surface area contributed by atoms with Crippen molar-refractivity contribution >= 4 is 72.4 Å². The fourth-order valence-corrected chi connectivity index (χ4v) is 8.47. The van der Waals surface area contributed by atoms with Crippen molar-refractivity contribution in [1.29, 1.82) is 0 Å². The lowest BCUT2D eigenvalue weighted by Crippen LogP contribution is -2.89. The van der Waals surface area contributed by atoms with Gasteiger partial charge in [0.05, 0.1) is 33.0 Å². The molecule has 0 bridgehead atoms. The number of thiophene rings is 1. The molecule has 9 nitrogen and oxygen atoms in total. The maximum absolute atomic E-state index is 13.8. The minimum absolute atomic E-state index is 0.0463. The van der Waals surface area contributed by atoms with Gasteiger partial charge in [-0.2, -0.15) is 0 Å². The minimum atomic E-state index is -4.12. The van der Waals surface area contributed by atoms with Crippen LogP contribution in [0.2, 0.25) is 10.0 Å². The summed E-state index contributed by atoms with van der Waals surface area (Å²) in [5.74, 6) is -0.943. The lowest BCUT2D eigenvalue weighted by molar-refractivity contribution is -0.206. The Bertz CT molecular complexity index is 1620. The summed E-state index contributed by atoms with van der Waals surface area (Å²) in [6, 6.07) is 12.8. The summed E-state index contributed by atoms with van der Waals surface area (Å²) < 4.78 is 28.8. The maximum atomic E-state index is 13.8. The number of carbonyl (C=O) groups is 3. The van der Waals surface area contributed by atoms with Gasteiger partial charge in [-0.15, -0.1) is 11.3 Å². The molecule has 3 amide bonds. The summed E-state index contributed by atoms with van der Waals surface area (Å²) in [5.41, 5.74) is -1.17. The Balaban J connectivity index is 1.22. The Morgan fingerprint density at radius 3 is 2.34 bits per heavy atom. The molecule has 0 spiro atoms. The Hall–Kier alpha value is -2.70. The van der Waals surface area contributed by atoms with Crippen LogP contribution in [0.5, 0.6) is 0 Å². The van der Waals surface area contributed by atoms with E-state index in [0.29, 0.717) is 4.88 Å². The van der Waals surface area contributed by atoms with Crippen molar-refractivity contribution in [2.45, 2.75) is 50.2 Å². The molecular weight excluding hydrogens is 607 g/mol. The minimum Gasteiger partial charge on any atom is -0.339 e. The molecule has 2 N–H and O–H groups in total. The van der Waals surface area contributed by atoms with Gasteiger partial charge in [-0.1, -0.05) is 68.2 Å². The largest absolute Gasteiger partial charge is 0.339 e. The normalized spacial score (nSPS) is 21.1. The standard InChI is InChI=1S/C28H30Cl2N4O5S2/c1-27(2,3)24(32-25(36)20-12-16-8-5-6-11-19(16)40-20)26(37)34-14-21-28(34,4)15-33(21)22(35)13-31-41(38,39)23-17(29)9-7-10-18(23)30/h5-12,21,24,31H,13-15H2,1-4H3,(H,32,36)/t21-,24?,28-/m1/s1. The molecule has 2 aromatic carbocycles. The SMILES string of the molecule is CC(C)(C)C(NC(=O)c1cc2ccccc2s1)C(=O)N1C[C@H]2N(C(=O)CNS(=O)(=O)c3c(Cl)cccc3Cl)C[C@]21C. The van der Waals surface area contributed by atoms with Gasteiger partial charge in [0.25, 0.3) is 5.91 Å². The molecule has 0 radical (unpaired) electrons. The van der Waals surface area contributed by atoms with Crippen LogP contribution in [0.4, 0.5) is 0 Å². The molecule has 41 heavy (non-hydrogen) atoms. The van der Waals surface area contributed by atoms with Crippen LogP contribution < -0.4 is 10.0 Å². The van der Waals surface area contributed by atoms with Gasteiger partial charge in [0.15, 0.2) is 0 Å². The molecule has 5 rings (SSSR count). The highest BCUT2D eigenvalue weighted by atomic mass is 35.5. The van der Waals surface area contributed by atoms with Gasteiger partial charge in [0.1, 0.15) is 10.9 Å². The second-order valence-electron chi connectivity index (χ2n) is 11.6. The van der Waals surface area contributed by atoms with Gasteiger partial charge >= 0.3 is 0 Å². The summed E-state index contributed by atoms with van der Waals surface area (Å²) in [4.78, 5) is 43.4. The molecule has 218 valence electrons. The molecule has 2 fully saturated rings. The predicted octanol–water partition coefficient (Wildman–Crippen LogP) is 4.14. The first kappa shape index (κ1) is 29.8. The van der Waals surface area contributed by atoms with E-state index in [9.17, 15) is 22.8 Å². The monoisotopic (exact) mass is 636 g/mol. The Kier molecular flexibility index (Phi) is 7.65. The van der Waals surface area contributed by atoms with Gasteiger partial charge in [0.2, 0.25) is 21.8 Å². The first-order valence-corrected chi connectivity index (χ1v) is 16.0. The van der Waals surface area contributed by atoms with Gasteiger partial charge in [-0.05, 0) is 42.0 Å². The number of likely N-dealkylation sites (tertiary alicyclic amines) is 2. The topological polar surface area (TPSA) is 116 Å². The second kappa shape index (κ2) is 10.5. The Morgan fingerprint density at radius 1 is 1.10 bits per heavy atom. The fourth-order valence-electron chi connectivity index (χ4n) is 5.39. The summed E-state index contributed by atoms with van der Waals surface area (Å²) in [7, 11) is -4.12. The molecular formula is C28H30Cl2N4O5S2. The van der Waals surface area contributed by atoms with Crippen LogP contribution >= 0.6 is 34.5 Å². The number of hydrogen-bond donors (Lipinski definition) is 2. The number of carbonyl (C=O) groups excluding carboxylic acids is 3. The van der Waals surface area contributed by atoms with E-state index in [4.69, 9.17) is 23.2 Å². The van der Waals surface area contributed by atoms with Crippen molar-refractivity contribution < 1.29 is 22.8 Å². The number of piperazine rings is 1. The smallest absolute Gasteiger partial charge is 0.262 e. The van der Waals surface area contributed by atoms with Crippen molar-refractivity contribution in [3.05, 3.63) is 63.5 Å². The van der Waals surface area contributed by atoms with E-state index in [1.165, 1.54) is 29.5 Å². The van der Waals surface area contributed by atoms with Crippen LogP contribution in [-0.2, 0) is 19.6 Å². The fraction of sp³-hybridized carbons (Fsp3) is 0.393. The molecule has 2 aliphatic heterocycles. The molecule has 2 aliphatic rings. The van der Waals surface area contributed by atoms with E-state index in [1.54, 1.807) is 9.80 Å². The highest BCUT2D eigenvalue weighted by Crippen LogP contribution is 2.45. The molecule has 3 aromatic rings. The van der Waals surface area contributed by atoms with Crippen LogP contribution in [0.1, 0.15) is 37.4 Å². The van der Waals surface area contributed by atoms with E-state index in [-0.39, 0.29) is 45.9 Å². The summed E-state index contributed by atoms with van der Waals surface area (Å²) in [6.07, 6.45) is 0. The molecule has 0 saturated carbocycles. The lowest BCUT2D eigenvalue weighted by atomic mass is 9.70. The second-order valence-corrected chi connectivity index (χ2v) is 15.2. The van der Waals surface area contributed by atoms with Crippen molar-refractivity contribution in [1.82, 2.24) is 19.8 Å². The van der Waals surface area contributed by atoms with Crippen molar-refractivity contribution in [2.24, 2.45) is 5.41 Å². The van der Waals surface area contributed by atoms with E-state index in [0.717, 1.165) is 10.1 Å². The van der Waals surface area contributed by atoms with Crippen LogP contribution in [0, 0.1) is 5.41 Å². The van der Waals surface area contributed by atoms with E-state index in [1.807, 2.05) is 58.0 Å². The number of benzene rings is 2. The number of halogens is 2. The lowest BCUT2D eigenvalue weighted by Gasteiger charge is -2.69. The van der Waals surface area contributed by atoms with Crippen molar-refractivity contribution in [3.8, 4) is 0 Å². The van der Waals surface area contributed by atoms with Crippen LogP contribution in [-0.4, -0.2) is 73.2 Å². The van der Waals surface area contributed by atoms with Gasteiger partial charge in [0, 0.05) is 17.8 Å². The zero-order chi connectivity index (χ0) is 29.9. The number of rotatable bonds is 7. The van der Waals surface area contributed by atoms with Crippen LogP contribution in [0.3, 0.4) is 0 Å². The Labute approximate surface area is 252 Å². The Morgan fingerprint density at radius 2 is 1.76 bits per heavy atom. The van der Waals surface area contributed by atoms with Gasteiger partial charge in [-0.3, -0.25) is 14.4 Å². The predicted molar refractivity (Wildman–Crippen MR) is 160 cm³/mol. The van der Waals surface area contributed by atoms with E-state index in [2.05, 4.69) is 10.0 Å². The first-order chi connectivity index (χ1) is 19.1. The number of nitrogens with one attached hydrogen (secondary N) is 2. The third-order valence-corrected chi connectivity index (χ3v) is 11.3. The number of sulfonamides is 1. The van der Waals surface area contributed by atoms with E-state index < -0.39 is 39.5 Å². The summed E-state index contributed by atoms with van der Waals surface area (Å²) in [6.45, 7) is 7.65. The molecule has 2 saturated heterocycles. The van der Waals surface area contributed by atoms with Gasteiger partial charge in [-0.25, -0.2) is 13.1 Å². The first-order valence-electron chi connectivity index (χ1n) is 13.0. The van der Waals surface area contributed by atoms with Crippen LogP contribution in [0.25, 0.3) is 10.1 Å². The van der Waals surface area contributed by atoms with Crippen LogP contribution in [0.15, 0.2) is 53.4 Å². The average molecular weight is 638 g/mol. The molecule has 0 aliphatic carbocycles. The zero-order valence-electron chi connectivity index (χ0n) is 22.9. The maximum Gasteiger partial charge on any atom is 0.262 e. The molecule has 1 aromatic heterocycles. The summed E-state index contributed by atoms with van der Waals surface area (Å²) >= 11 is 13.4. The molecule has 1 unspecified atom stereocenters. The number of hydrogen-bond acceptors (Lipinski definition) is 6. The third-order valence-electron chi connectivity index (χ3n) is 7.78. The number of amides is 3. The third kappa shape index (κ3) is 5.34. The molecule has 13 heteroatoms. The highest BCUT2D eigenvalue weighted by molar-refractivity contribution is 7.89. The van der Waals surface area contributed by atoms with E-state index >= 15 is 0 Å². The summed E-state index contributed by atoms with van der Waals surface area (Å²) in [5, 5.41) is 3.83. The zero-order valence-corrected chi connectivity index (χ0v) is 26.0. The molecule has 3 heterocycles. The quantitative estimate of drug-likeness (QED) is 0.404. The number of nitrogens with zero attached hydrogens (tertiary/aromatic N) is 2. The molecule has 3 atom stereocenters. The van der Waals surface area contributed by atoms with Crippen molar-refractivity contribution in [3.63, 3.8) is 0 Å². The van der Waals surface area contributed by atoms with Crippen molar-refractivity contribution in [2.75, 3.05) is 19.6 Å². The number of fused-ring (bicyclic) bond motifs is 2. The highest BCUT2D eigenvalue weighted by Gasteiger charge is 2.65.